The summed E-state index contributed by atoms with van der Waals surface area (Å²) in [6, 6.07) is 13.2. The summed E-state index contributed by atoms with van der Waals surface area (Å²) < 4.78 is 0. The van der Waals surface area contributed by atoms with Crippen LogP contribution >= 0.6 is 23.2 Å². The van der Waals surface area contributed by atoms with E-state index < -0.39 is 0 Å². The third-order valence-corrected chi connectivity index (χ3v) is 6.15. The van der Waals surface area contributed by atoms with E-state index in [1.165, 1.54) is 13.3 Å². The van der Waals surface area contributed by atoms with Crippen molar-refractivity contribution in [1.29, 1.82) is 0 Å². The highest BCUT2D eigenvalue weighted by molar-refractivity contribution is 6.39. The first-order valence-corrected chi connectivity index (χ1v) is 10.8. The highest BCUT2D eigenvalue weighted by atomic mass is 35.5. The Kier molecular flexibility index (Phi) is 6.34. The SMILES string of the molecule is CC(=O)Nc1c(Cl)cc(CN/N=C\NC(=O)[C@@H]2[C@H]3C[C@H]3CN2c2ccccc2)cc1Cl. The lowest BCUT2D eigenvalue weighted by Crippen LogP contribution is -2.45. The number of nitrogens with one attached hydrogen (secondary N) is 3. The molecule has 31 heavy (non-hydrogen) atoms. The molecule has 0 unspecified atom stereocenters. The average Bonchev–Trinajstić information content (AvgIpc) is 3.40. The van der Waals surface area contributed by atoms with Crippen LogP contribution < -0.4 is 21.0 Å². The molecule has 7 nitrogen and oxygen atoms in total. The van der Waals surface area contributed by atoms with Crippen molar-refractivity contribution in [1.82, 2.24) is 10.7 Å². The van der Waals surface area contributed by atoms with Crippen molar-refractivity contribution in [2.45, 2.75) is 25.9 Å². The molecule has 2 aromatic rings. The van der Waals surface area contributed by atoms with E-state index in [9.17, 15) is 9.59 Å². The molecule has 4 rings (SSSR count). The second-order valence-corrected chi connectivity index (χ2v) is 8.62. The van der Waals surface area contributed by atoms with Crippen molar-refractivity contribution in [3.8, 4) is 0 Å². The van der Waals surface area contributed by atoms with Crippen molar-refractivity contribution in [2.24, 2.45) is 16.9 Å². The van der Waals surface area contributed by atoms with E-state index in [-0.39, 0.29) is 17.9 Å². The van der Waals surface area contributed by atoms with Gasteiger partial charge in [0.25, 0.3) is 0 Å². The lowest BCUT2D eigenvalue weighted by Gasteiger charge is -2.28. The van der Waals surface area contributed by atoms with E-state index in [1.807, 2.05) is 30.3 Å². The van der Waals surface area contributed by atoms with Gasteiger partial charge in [0.2, 0.25) is 11.8 Å². The summed E-state index contributed by atoms with van der Waals surface area (Å²) in [5.41, 5.74) is 5.11. The van der Waals surface area contributed by atoms with E-state index in [2.05, 4.69) is 26.1 Å². The van der Waals surface area contributed by atoms with Gasteiger partial charge in [0.05, 0.1) is 22.3 Å². The van der Waals surface area contributed by atoms with Crippen LogP contribution in [0.4, 0.5) is 11.4 Å². The molecule has 2 aliphatic rings. The van der Waals surface area contributed by atoms with Crippen molar-refractivity contribution in [3.05, 3.63) is 58.1 Å². The first-order valence-electron chi connectivity index (χ1n) is 10.1. The molecule has 0 radical (unpaired) electrons. The minimum atomic E-state index is -0.249. The molecule has 0 bridgehead atoms. The summed E-state index contributed by atoms with van der Waals surface area (Å²) in [5.74, 6) is 0.708. The third-order valence-electron chi connectivity index (χ3n) is 5.56. The van der Waals surface area contributed by atoms with Gasteiger partial charge in [0.1, 0.15) is 12.4 Å². The van der Waals surface area contributed by atoms with Crippen LogP contribution in [0, 0.1) is 11.8 Å². The Morgan fingerprint density at radius 1 is 1.19 bits per heavy atom. The fraction of sp³-hybridized carbons (Fsp3) is 0.318. The summed E-state index contributed by atoms with van der Waals surface area (Å²) in [6.45, 7) is 2.66. The number of benzene rings is 2. The molecule has 1 aliphatic heterocycles. The van der Waals surface area contributed by atoms with Crippen LogP contribution in [0.2, 0.25) is 10.0 Å². The normalized spacial score (nSPS) is 21.6. The topological polar surface area (TPSA) is 85.8 Å². The monoisotopic (exact) mass is 459 g/mol. The first-order chi connectivity index (χ1) is 14.9. The van der Waals surface area contributed by atoms with E-state index in [0.717, 1.165) is 24.2 Å². The number of fused-ring (bicyclic) bond motifs is 1. The van der Waals surface area contributed by atoms with Gasteiger partial charge in [-0.15, -0.1) is 0 Å². The molecule has 2 fully saturated rings. The number of nitrogens with zero attached hydrogens (tertiary/aromatic N) is 2. The minimum absolute atomic E-state index is 0.0508. The Balaban J connectivity index is 1.30. The van der Waals surface area contributed by atoms with E-state index in [0.29, 0.717) is 34.1 Å². The molecule has 1 aliphatic carbocycles. The Morgan fingerprint density at radius 2 is 1.90 bits per heavy atom. The Labute approximate surface area is 190 Å². The summed E-state index contributed by atoms with van der Waals surface area (Å²) >= 11 is 12.4. The summed E-state index contributed by atoms with van der Waals surface area (Å²) in [5, 5.41) is 10.1. The molecular formula is C22H23Cl2N5O2. The zero-order valence-electron chi connectivity index (χ0n) is 16.9. The first kappa shape index (κ1) is 21.5. The van der Waals surface area contributed by atoms with Crippen molar-refractivity contribution < 1.29 is 9.59 Å². The van der Waals surface area contributed by atoms with E-state index in [4.69, 9.17) is 23.2 Å². The molecule has 9 heteroatoms. The molecule has 162 valence electrons. The van der Waals surface area contributed by atoms with Crippen LogP contribution in [0.5, 0.6) is 0 Å². The maximum absolute atomic E-state index is 12.8. The molecule has 0 aromatic heterocycles. The van der Waals surface area contributed by atoms with Gasteiger partial charge in [-0.05, 0) is 48.1 Å². The van der Waals surface area contributed by atoms with Gasteiger partial charge < -0.3 is 21.0 Å². The number of carbonyl (C=O) groups is 2. The Bertz CT molecular complexity index is 991. The van der Waals surface area contributed by atoms with Gasteiger partial charge in [0, 0.05) is 19.2 Å². The second-order valence-electron chi connectivity index (χ2n) is 7.81. The summed E-state index contributed by atoms with van der Waals surface area (Å²) in [7, 11) is 0. The van der Waals surface area contributed by atoms with Gasteiger partial charge >= 0.3 is 0 Å². The number of hydrogen-bond acceptors (Lipinski definition) is 5. The highest BCUT2D eigenvalue weighted by Crippen LogP contribution is 2.50. The number of halogens is 2. The van der Waals surface area contributed by atoms with E-state index >= 15 is 0 Å². The largest absolute Gasteiger partial charge is 0.359 e. The molecule has 2 aromatic carbocycles. The number of rotatable bonds is 7. The summed E-state index contributed by atoms with van der Waals surface area (Å²) in [6.07, 6.45) is 2.48. The second kappa shape index (κ2) is 9.16. The van der Waals surface area contributed by atoms with Crippen LogP contribution in [-0.2, 0) is 16.1 Å². The minimum Gasteiger partial charge on any atom is -0.359 e. The standard InChI is InChI=1S/C22H23Cl2N5O2/c1-13(30)28-20-18(23)7-14(8-19(20)24)10-26-27-12-25-22(31)21-17-9-15(17)11-29(21)16-5-3-2-4-6-16/h2-8,12,15,17,21,26H,9-11H2,1H3,(H,28,30)(H,25,27,31)/t15-,17-,21-/m0/s1. The van der Waals surface area contributed by atoms with Crippen LogP contribution in [0.25, 0.3) is 0 Å². The number of para-hydroxylation sites is 1. The maximum atomic E-state index is 12.8. The average molecular weight is 460 g/mol. The van der Waals surface area contributed by atoms with Crippen molar-refractivity contribution in [3.63, 3.8) is 0 Å². The van der Waals surface area contributed by atoms with E-state index in [1.54, 1.807) is 12.1 Å². The fourth-order valence-corrected chi connectivity index (χ4v) is 4.70. The summed E-state index contributed by atoms with van der Waals surface area (Å²) in [4.78, 5) is 26.2. The molecule has 1 heterocycles. The number of hydrazone groups is 1. The van der Waals surface area contributed by atoms with Gasteiger partial charge in [-0.1, -0.05) is 41.4 Å². The number of anilines is 2. The smallest absolute Gasteiger partial charge is 0.248 e. The number of hydrogen-bond donors (Lipinski definition) is 3. The third kappa shape index (κ3) is 4.94. The maximum Gasteiger partial charge on any atom is 0.248 e. The van der Waals surface area contributed by atoms with Crippen molar-refractivity contribution in [2.75, 3.05) is 16.8 Å². The zero-order chi connectivity index (χ0) is 22.0. The zero-order valence-corrected chi connectivity index (χ0v) is 18.5. The molecule has 3 N–H and O–H groups in total. The molecule has 0 spiro atoms. The van der Waals surface area contributed by atoms with Crippen LogP contribution in [0.15, 0.2) is 47.6 Å². The Morgan fingerprint density at radius 3 is 2.58 bits per heavy atom. The fourth-order valence-electron chi connectivity index (χ4n) is 4.07. The molecule has 1 saturated heterocycles. The lowest BCUT2D eigenvalue weighted by atomic mass is 10.1. The lowest BCUT2D eigenvalue weighted by molar-refractivity contribution is -0.121. The Hall–Kier alpha value is -2.77. The van der Waals surface area contributed by atoms with Crippen LogP contribution in [0.1, 0.15) is 18.9 Å². The number of carbonyl (C=O) groups excluding carboxylic acids is 2. The van der Waals surface area contributed by atoms with Crippen LogP contribution in [0.3, 0.4) is 0 Å². The predicted octanol–water partition coefficient (Wildman–Crippen LogP) is 3.63. The van der Waals surface area contributed by atoms with Crippen LogP contribution in [-0.4, -0.2) is 30.7 Å². The number of piperidine rings is 1. The molecule has 3 atom stereocenters. The molecule has 2 amide bonds. The molecular weight excluding hydrogens is 437 g/mol. The quantitative estimate of drug-likeness (QED) is 0.335. The van der Waals surface area contributed by atoms with Gasteiger partial charge in [-0.25, -0.2) is 0 Å². The highest BCUT2D eigenvalue weighted by Gasteiger charge is 2.55. The van der Waals surface area contributed by atoms with Gasteiger partial charge in [0.15, 0.2) is 0 Å². The van der Waals surface area contributed by atoms with Gasteiger partial charge in [-0.3, -0.25) is 9.59 Å². The van der Waals surface area contributed by atoms with Crippen molar-refractivity contribution >= 4 is 52.7 Å². The molecule has 1 saturated carbocycles. The predicted molar refractivity (Wildman–Crippen MR) is 123 cm³/mol. The number of amides is 2. The van der Waals surface area contributed by atoms with Gasteiger partial charge in [-0.2, -0.15) is 5.10 Å².